The van der Waals surface area contributed by atoms with Gasteiger partial charge in [0.2, 0.25) is 0 Å². The highest BCUT2D eigenvalue weighted by Crippen LogP contribution is 2.46. The van der Waals surface area contributed by atoms with Gasteiger partial charge in [0.15, 0.2) is 10.2 Å². The van der Waals surface area contributed by atoms with Crippen LogP contribution in [0.2, 0.25) is 0 Å². The quantitative estimate of drug-likeness (QED) is 0.270. The van der Waals surface area contributed by atoms with Crippen molar-refractivity contribution in [1.82, 2.24) is 9.34 Å². The highest BCUT2D eigenvalue weighted by atomic mass is 32.1. The number of hydrogen-bond donors (Lipinski definition) is 4. The maximum Gasteiger partial charge on any atom is 0.432 e. The zero-order chi connectivity index (χ0) is 26.8. The van der Waals surface area contributed by atoms with E-state index >= 15 is 0 Å². The molecule has 0 bridgehead atoms. The van der Waals surface area contributed by atoms with Crippen molar-refractivity contribution in [3.63, 3.8) is 0 Å². The number of thiocarbonyl (C=S) groups is 2. The maximum atomic E-state index is 12.3. The summed E-state index contributed by atoms with van der Waals surface area (Å²) in [5, 5.41) is -0.146. The molecule has 0 atom stereocenters. The van der Waals surface area contributed by atoms with Crippen LogP contribution in [0.4, 0.5) is 11.4 Å². The van der Waals surface area contributed by atoms with Gasteiger partial charge in [0.1, 0.15) is 0 Å². The molecule has 0 spiro atoms. The van der Waals surface area contributed by atoms with Crippen LogP contribution in [0.15, 0.2) is 24.3 Å². The standard InChI is InChI=1S/C20H36N4O6P2S2/c1-13(2)21(19(33)23(15(5)6)31(25,26)27)17-11-9-10-12-18(17)22(14(3)4)20(34)24(16(7)8)32(28,29)30/h9-16H,1-8H3,(H2,25,26,27)(H2,28,29,30). The molecule has 1 aromatic rings. The monoisotopic (exact) mass is 554 g/mol. The Hall–Kier alpha value is -1.10. The van der Waals surface area contributed by atoms with Crippen LogP contribution < -0.4 is 9.80 Å². The van der Waals surface area contributed by atoms with E-state index < -0.39 is 27.6 Å². The van der Waals surface area contributed by atoms with Gasteiger partial charge in [-0.3, -0.25) is 9.34 Å². The number of anilines is 2. The smallest absolute Gasteiger partial charge is 0.314 e. The van der Waals surface area contributed by atoms with Gasteiger partial charge in [-0.2, -0.15) is 0 Å². The lowest BCUT2D eigenvalue weighted by Gasteiger charge is -2.42. The summed E-state index contributed by atoms with van der Waals surface area (Å²) in [5.74, 6) is 0. The average Bonchev–Trinajstić information content (AvgIpc) is 2.59. The van der Waals surface area contributed by atoms with Crippen LogP contribution >= 0.6 is 39.9 Å². The number of nitrogens with zero attached hydrogens (tertiary/aromatic N) is 4. The molecule has 0 aliphatic carbocycles. The van der Waals surface area contributed by atoms with Crippen molar-refractivity contribution < 1.29 is 28.7 Å². The second-order valence-corrected chi connectivity index (χ2v) is 12.5. The molecule has 0 amide bonds. The van der Waals surface area contributed by atoms with Gasteiger partial charge in [-0.05, 0) is 92.0 Å². The minimum atomic E-state index is -4.73. The molecule has 1 rings (SSSR count). The highest BCUT2D eigenvalue weighted by Gasteiger charge is 2.38. The lowest BCUT2D eigenvalue weighted by atomic mass is 10.1. The Morgan fingerprint density at radius 1 is 0.647 bits per heavy atom. The van der Waals surface area contributed by atoms with Crippen molar-refractivity contribution in [2.45, 2.75) is 79.6 Å². The Kier molecular flexibility index (Phi) is 10.7. The summed E-state index contributed by atoms with van der Waals surface area (Å²) < 4.78 is 26.3. The molecular formula is C20H36N4O6P2S2. The van der Waals surface area contributed by atoms with Crippen LogP contribution in [0.25, 0.3) is 0 Å². The van der Waals surface area contributed by atoms with Gasteiger partial charge in [-0.25, -0.2) is 9.13 Å². The fourth-order valence-electron chi connectivity index (χ4n) is 3.56. The molecule has 0 aliphatic rings. The van der Waals surface area contributed by atoms with Gasteiger partial charge in [0.05, 0.1) is 11.4 Å². The number of para-hydroxylation sites is 2. The molecule has 0 radical (unpaired) electrons. The van der Waals surface area contributed by atoms with Gasteiger partial charge in [0, 0.05) is 24.2 Å². The molecule has 194 valence electrons. The zero-order valence-corrected chi connectivity index (χ0v) is 24.1. The molecule has 1 aromatic carbocycles. The molecule has 0 saturated carbocycles. The Labute approximate surface area is 213 Å². The topological polar surface area (TPSA) is 128 Å². The molecule has 0 aromatic heterocycles. The summed E-state index contributed by atoms with van der Waals surface area (Å²) in [6.07, 6.45) is 0. The molecule has 14 heteroatoms. The molecule has 0 saturated heterocycles. The zero-order valence-electron chi connectivity index (χ0n) is 20.7. The van der Waals surface area contributed by atoms with Crippen LogP contribution in [-0.4, -0.2) is 63.3 Å². The summed E-state index contributed by atoms with van der Waals surface area (Å²) in [6.45, 7) is 13.8. The van der Waals surface area contributed by atoms with E-state index in [0.29, 0.717) is 11.4 Å². The first-order chi connectivity index (χ1) is 15.3. The second kappa shape index (κ2) is 11.8. The van der Waals surface area contributed by atoms with E-state index in [-0.39, 0.29) is 22.3 Å². The first kappa shape index (κ1) is 30.9. The lowest BCUT2D eigenvalue weighted by molar-refractivity contribution is 0.295. The van der Waals surface area contributed by atoms with E-state index in [9.17, 15) is 28.7 Å². The third-order valence-electron chi connectivity index (χ3n) is 4.78. The molecule has 4 N–H and O–H groups in total. The predicted octanol–water partition coefficient (Wildman–Crippen LogP) is 4.29. The van der Waals surface area contributed by atoms with E-state index in [1.165, 1.54) is 0 Å². The minimum Gasteiger partial charge on any atom is -0.314 e. The predicted molar refractivity (Wildman–Crippen MR) is 145 cm³/mol. The van der Waals surface area contributed by atoms with Gasteiger partial charge in [0.25, 0.3) is 0 Å². The third kappa shape index (κ3) is 7.21. The van der Waals surface area contributed by atoms with Crippen molar-refractivity contribution in [1.29, 1.82) is 0 Å². The lowest BCUT2D eigenvalue weighted by Crippen LogP contribution is -2.50. The molecule has 10 nitrogen and oxygen atoms in total. The van der Waals surface area contributed by atoms with E-state index in [1.54, 1.807) is 61.8 Å². The van der Waals surface area contributed by atoms with E-state index in [0.717, 1.165) is 9.34 Å². The minimum absolute atomic E-state index is 0.0730. The number of hydrogen-bond acceptors (Lipinski definition) is 4. The maximum absolute atomic E-state index is 12.3. The Morgan fingerprint density at radius 2 is 0.912 bits per heavy atom. The third-order valence-corrected chi connectivity index (χ3v) is 8.26. The van der Waals surface area contributed by atoms with Crippen LogP contribution in [-0.2, 0) is 9.13 Å². The summed E-state index contributed by atoms with van der Waals surface area (Å²) in [6, 6.07) is 5.16. The second-order valence-electron chi connectivity index (χ2n) is 8.88. The number of benzene rings is 1. The van der Waals surface area contributed by atoms with Crippen LogP contribution in [0, 0.1) is 0 Å². The molecule has 0 aliphatic heterocycles. The summed E-state index contributed by atoms with van der Waals surface area (Å²) >= 11 is 11.2. The summed E-state index contributed by atoms with van der Waals surface area (Å²) in [5.41, 5.74) is 0.985. The van der Waals surface area contributed by atoms with Crippen LogP contribution in [0.5, 0.6) is 0 Å². The highest BCUT2D eigenvalue weighted by molar-refractivity contribution is 7.81. The Morgan fingerprint density at radius 3 is 1.09 bits per heavy atom. The van der Waals surface area contributed by atoms with Gasteiger partial charge in [-0.15, -0.1) is 0 Å². The van der Waals surface area contributed by atoms with Crippen molar-refractivity contribution in [2.24, 2.45) is 0 Å². The number of rotatable bonds is 8. The largest absolute Gasteiger partial charge is 0.432 e. The fraction of sp³-hybridized carbons (Fsp3) is 0.600. The van der Waals surface area contributed by atoms with Gasteiger partial charge >= 0.3 is 15.5 Å². The van der Waals surface area contributed by atoms with Crippen molar-refractivity contribution >= 4 is 61.5 Å². The first-order valence-electron chi connectivity index (χ1n) is 10.8. The van der Waals surface area contributed by atoms with Crippen LogP contribution in [0.3, 0.4) is 0 Å². The molecular weight excluding hydrogens is 518 g/mol. The van der Waals surface area contributed by atoms with Crippen molar-refractivity contribution in [2.75, 3.05) is 9.80 Å². The van der Waals surface area contributed by atoms with Crippen molar-refractivity contribution in [3.8, 4) is 0 Å². The molecule has 0 heterocycles. The van der Waals surface area contributed by atoms with E-state index in [2.05, 4.69) is 0 Å². The summed E-state index contributed by atoms with van der Waals surface area (Å²) in [4.78, 5) is 43.1. The van der Waals surface area contributed by atoms with Gasteiger partial charge < -0.3 is 29.4 Å². The summed E-state index contributed by atoms with van der Waals surface area (Å²) in [7, 11) is -9.46. The van der Waals surface area contributed by atoms with E-state index in [1.807, 2.05) is 27.7 Å². The van der Waals surface area contributed by atoms with Crippen molar-refractivity contribution in [3.05, 3.63) is 24.3 Å². The molecule has 34 heavy (non-hydrogen) atoms. The fourth-order valence-corrected chi connectivity index (χ4v) is 7.08. The first-order valence-corrected chi connectivity index (χ1v) is 14.7. The normalized spacial score (nSPS) is 12.5. The van der Waals surface area contributed by atoms with E-state index in [4.69, 9.17) is 24.4 Å². The van der Waals surface area contributed by atoms with Gasteiger partial charge in [-0.1, -0.05) is 12.1 Å². The molecule has 0 fully saturated rings. The molecule has 0 unspecified atom stereocenters. The SMILES string of the molecule is CC(C)N(C(=S)N(C(C)C)P(=O)(O)O)c1ccccc1N(C(=S)N(C(C)C)P(=O)(O)O)C(C)C. The van der Waals surface area contributed by atoms with Crippen LogP contribution in [0.1, 0.15) is 55.4 Å². The Bertz CT molecular complexity index is 903. The average molecular weight is 555 g/mol. The Balaban J connectivity index is 3.80.